The van der Waals surface area contributed by atoms with E-state index in [0.29, 0.717) is 11.6 Å². The van der Waals surface area contributed by atoms with Gasteiger partial charge < -0.3 is 20.3 Å². The Hall–Kier alpha value is -2.41. The lowest BCUT2D eigenvalue weighted by Gasteiger charge is -2.43. The molecule has 0 saturated carbocycles. The highest BCUT2D eigenvalue weighted by atomic mass is 19.4. The third-order valence-corrected chi connectivity index (χ3v) is 5.03. The molecule has 138 valence electrons. The molecular weight excluding hydrogens is 343 g/mol. The van der Waals surface area contributed by atoms with Gasteiger partial charge in [0.15, 0.2) is 0 Å². The van der Waals surface area contributed by atoms with Gasteiger partial charge in [-0.2, -0.15) is 13.2 Å². The van der Waals surface area contributed by atoms with Gasteiger partial charge in [-0.25, -0.2) is 0 Å². The number of piperazine rings is 1. The quantitative estimate of drug-likeness (QED) is 0.855. The van der Waals surface area contributed by atoms with E-state index in [1.54, 1.807) is 12.1 Å². The number of methoxy groups -OCH3 is 1. The van der Waals surface area contributed by atoms with E-state index in [0.717, 1.165) is 43.6 Å². The van der Waals surface area contributed by atoms with Crippen LogP contribution in [0.4, 0.5) is 24.5 Å². The Balaban J connectivity index is 1.76. The molecule has 0 aromatic heterocycles. The van der Waals surface area contributed by atoms with E-state index in [1.165, 1.54) is 13.2 Å². The molecule has 1 unspecified atom stereocenters. The van der Waals surface area contributed by atoms with Crippen molar-refractivity contribution < 1.29 is 17.9 Å². The van der Waals surface area contributed by atoms with Gasteiger partial charge in [-0.3, -0.25) is 0 Å². The van der Waals surface area contributed by atoms with Crippen molar-refractivity contribution >= 4 is 11.4 Å². The van der Waals surface area contributed by atoms with Crippen molar-refractivity contribution in [3.8, 4) is 16.9 Å². The van der Waals surface area contributed by atoms with Crippen LogP contribution in [-0.4, -0.2) is 39.3 Å². The largest absolute Gasteiger partial charge is 0.497 e. The summed E-state index contributed by atoms with van der Waals surface area (Å²) < 4.78 is 45.5. The highest BCUT2D eigenvalue weighted by molar-refractivity contribution is 5.81. The van der Waals surface area contributed by atoms with Crippen molar-refractivity contribution in [1.29, 1.82) is 0 Å². The third-order valence-electron chi connectivity index (χ3n) is 5.03. The van der Waals surface area contributed by atoms with Crippen molar-refractivity contribution in [2.45, 2.75) is 12.2 Å². The minimum Gasteiger partial charge on any atom is -0.497 e. The molecule has 0 radical (unpaired) electrons. The molecule has 4 nitrogen and oxygen atoms in total. The molecule has 0 bridgehead atoms. The first-order valence-corrected chi connectivity index (χ1v) is 8.58. The number of ether oxygens (including phenoxy) is 1. The highest BCUT2D eigenvalue weighted by Gasteiger charge is 2.35. The van der Waals surface area contributed by atoms with Gasteiger partial charge in [0.25, 0.3) is 0 Å². The summed E-state index contributed by atoms with van der Waals surface area (Å²) in [4.78, 5) is 2.32. The summed E-state index contributed by atoms with van der Waals surface area (Å²) in [5, 5.41) is 6.73. The molecule has 1 saturated heterocycles. The number of benzene rings is 2. The van der Waals surface area contributed by atoms with Gasteiger partial charge >= 0.3 is 6.18 Å². The van der Waals surface area contributed by atoms with Crippen molar-refractivity contribution in [2.24, 2.45) is 0 Å². The molecule has 2 N–H and O–H groups in total. The Morgan fingerprint density at radius 1 is 1.12 bits per heavy atom. The third kappa shape index (κ3) is 2.96. The monoisotopic (exact) mass is 363 g/mol. The Labute approximate surface area is 150 Å². The van der Waals surface area contributed by atoms with Crippen LogP contribution in [0.1, 0.15) is 5.56 Å². The maximum Gasteiger partial charge on any atom is 0.417 e. The molecule has 2 aliphatic rings. The maximum atomic E-state index is 13.5. The fourth-order valence-corrected chi connectivity index (χ4v) is 3.72. The molecule has 2 aromatic rings. The van der Waals surface area contributed by atoms with Gasteiger partial charge in [-0.1, -0.05) is 12.1 Å². The number of halogens is 3. The number of fused-ring (bicyclic) bond motifs is 3. The van der Waals surface area contributed by atoms with Crippen molar-refractivity contribution in [1.82, 2.24) is 5.32 Å². The maximum absolute atomic E-state index is 13.5. The molecule has 26 heavy (non-hydrogen) atoms. The average Bonchev–Trinajstić information content (AvgIpc) is 2.66. The minimum absolute atomic E-state index is 0.158. The van der Waals surface area contributed by atoms with Crippen LogP contribution < -0.4 is 20.3 Å². The number of alkyl halides is 3. The predicted molar refractivity (Wildman–Crippen MR) is 95.9 cm³/mol. The SMILES string of the molecule is COc1ccc(-c2ccc3c(c2)NCC2CNCCN32)c(C(F)(F)F)c1. The summed E-state index contributed by atoms with van der Waals surface area (Å²) >= 11 is 0. The van der Waals surface area contributed by atoms with Gasteiger partial charge in [-0.15, -0.1) is 0 Å². The normalized spacial score (nSPS) is 19.4. The molecule has 2 aromatic carbocycles. The molecule has 0 aliphatic carbocycles. The van der Waals surface area contributed by atoms with Crippen LogP contribution in [0, 0.1) is 0 Å². The number of hydrogen-bond acceptors (Lipinski definition) is 4. The number of anilines is 2. The molecule has 0 amide bonds. The molecule has 1 atom stereocenters. The molecule has 1 fully saturated rings. The molecular formula is C19H20F3N3O. The lowest BCUT2D eigenvalue weighted by Crippen LogP contribution is -2.56. The lowest BCUT2D eigenvalue weighted by atomic mass is 9.96. The smallest absolute Gasteiger partial charge is 0.417 e. The van der Waals surface area contributed by atoms with E-state index in [9.17, 15) is 13.2 Å². The molecule has 7 heteroatoms. The summed E-state index contributed by atoms with van der Waals surface area (Å²) in [6, 6.07) is 9.94. The molecule has 2 aliphatic heterocycles. The van der Waals surface area contributed by atoms with Gasteiger partial charge in [0.05, 0.1) is 30.1 Å². The Morgan fingerprint density at radius 3 is 2.73 bits per heavy atom. The Morgan fingerprint density at radius 2 is 1.96 bits per heavy atom. The zero-order valence-electron chi connectivity index (χ0n) is 14.4. The molecule has 2 heterocycles. The zero-order chi connectivity index (χ0) is 18.3. The second-order valence-electron chi connectivity index (χ2n) is 6.57. The Bertz CT molecular complexity index is 822. The van der Waals surface area contributed by atoms with Crippen LogP contribution in [0.15, 0.2) is 36.4 Å². The first kappa shape index (κ1) is 17.0. The van der Waals surface area contributed by atoms with E-state index >= 15 is 0 Å². The van der Waals surface area contributed by atoms with Gasteiger partial charge in [0.1, 0.15) is 5.75 Å². The van der Waals surface area contributed by atoms with E-state index in [-0.39, 0.29) is 11.3 Å². The van der Waals surface area contributed by atoms with E-state index in [1.807, 2.05) is 12.1 Å². The summed E-state index contributed by atoms with van der Waals surface area (Å²) in [7, 11) is 1.36. The summed E-state index contributed by atoms with van der Waals surface area (Å²) in [6.07, 6.45) is -4.45. The van der Waals surface area contributed by atoms with Crippen LogP contribution in [0.3, 0.4) is 0 Å². The second kappa shape index (κ2) is 6.39. The van der Waals surface area contributed by atoms with Crippen molar-refractivity contribution in [3.63, 3.8) is 0 Å². The van der Waals surface area contributed by atoms with Crippen LogP contribution >= 0.6 is 0 Å². The second-order valence-corrected chi connectivity index (χ2v) is 6.57. The topological polar surface area (TPSA) is 36.5 Å². The zero-order valence-corrected chi connectivity index (χ0v) is 14.4. The summed E-state index contributed by atoms with van der Waals surface area (Å²) in [5.41, 5.74) is 1.94. The summed E-state index contributed by atoms with van der Waals surface area (Å²) in [5.74, 6) is 0.195. The first-order valence-electron chi connectivity index (χ1n) is 8.58. The highest BCUT2D eigenvalue weighted by Crippen LogP contribution is 2.42. The van der Waals surface area contributed by atoms with Crippen LogP contribution in [0.25, 0.3) is 11.1 Å². The van der Waals surface area contributed by atoms with Crippen LogP contribution in [0.2, 0.25) is 0 Å². The van der Waals surface area contributed by atoms with Crippen LogP contribution in [-0.2, 0) is 6.18 Å². The number of hydrogen-bond donors (Lipinski definition) is 2. The van der Waals surface area contributed by atoms with Gasteiger partial charge in [0.2, 0.25) is 0 Å². The van der Waals surface area contributed by atoms with Gasteiger partial charge in [0, 0.05) is 26.2 Å². The van der Waals surface area contributed by atoms with E-state index in [2.05, 4.69) is 15.5 Å². The standard InChI is InChI=1S/C19H20F3N3O/c1-26-14-3-4-15(16(9-14)19(20,21)22)12-2-5-18-17(8-12)24-11-13-10-23-6-7-25(13)18/h2-5,8-9,13,23-24H,6-7,10-11H2,1H3. The lowest BCUT2D eigenvalue weighted by molar-refractivity contribution is -0.137. The molecule has 0 spiro atoms. The first-order chi connectivity index (χ1) is 12.5. The number of nitrogens with one attached hydrogen (secondary N) is 2. The van der Waals surface area contributed by atoms with Gasteiger partial charge in [-0.05, 0) is 35.4 Å². The minimum atomic E-state index is -4.45. The average molecular weight is 363 g/mol. The fraction of sp³-hybridized carbons (Fsp3) is 0.368. The number of nitrogens with zero attached hydrogens (tertiary/aromatic N) is 1. The van der Waals surface area contributed by atoms with Crippen molar-refractivity contribution in [2.75, 3.05) is 43.5 Å². The van der Waals surface area contributed by atoms with E-state index < -0.39 is 11.7 Å². The number of rotatable bonds is 2. The molecule has 4 rings (SSSR count). The van der Waals surface area contributed by atoms with Crippen LogP contribution in [0.5, 0.6) is 5.75 Å². The summed E-state index contributed by atoms with van der Waals surface area (Å²) in [6.45, 7) is 3.49. The Kier molecular flexibility index (Phi) is 4.19. The van der Waals surface area contributed by atoms with Crippen molar-refractivity contribution in [3.05, 3.63) is 42.0 Å². The fourth-order valence-electron chi connectivity index (χ4n) is 3.72. The predicted octanol–water partition coefficient (Wildman–Crippen LogP) is 3.58. The van der Waals surface area contributed by atoms with E-state index in [4.69, 9.17) is 4.74 Å².